The Hall–Kier alpha value is -1.22. The van der Waals surface area contributed by atoms with E-state index in [4.69, 9.17) is 0 Å². The van der Waals surface area contributed by atoms with Crippen LogP contribution >= 0.6 is 0 Å². The molecule has 106 valence electrons. The first-order valence-electron chi connectivity index (χ1n) is 7.33. The van der Waals surface area contributed by atoms with Gasteiger partial charge in [0, 0.05) is 44.6 Å². The predicted molar refractivity (Wildman–Crippen MR) is 84.2 cm³/mol. The minimum Gasteiger partial charge on any atom is -0.378 e. The first-order valence-corrected chi connectivity index (χ1v) is 7.33. The van der Waals surface area contributed by atoms with Gasteiger partial charge in [0.2, 0.25) is 0 Å². The van der Waals surface area contributed by atoms with E-state index in [-0.39, 0.29) is 0 Å². The van der Waals surface area contributed by atoms with E-state index in [0.717, 1.165) is 19.6 Å². The highest BCUT2D eigenvalue weighted by Crippen LogP contribution is 2.21. The van der Waals surface area contributed by atoms with Crippen molar-refractivity contribution >= 4 is 11.4 Å². The van der Waals surface area contributed by atoms with E-state index in [1.165, 1.54) is 17.8 Å². The van der Waals surface area contributed by atoms with Crippen LogP contribution in [-0.2, 0) is 0 Å². The molecule has 1 aliphatic heterocycles. The Bertz CT molecular complexity index is 383. The summed E-state index contributed by atoms with van der Waals surface area (Å²) in [7, 11) is 4.17. The van der Waals surface area contributed by atoms with E-state index < -0.39 is 0 Å². The molecule has 1 N–H and O–H groups in total. The summed E-state index contributed by atoms with van der Waals surface area (Å²) in [5.41, 5.74) is 2.61. The number of hydrogen-bond acceptors (Lipinski definition) is 3. The van der Waals surface area contributed by atoms with Crippen molar-refractivity contribution < 1.29 is 0 Å². The third-order valence-corrected chi connectivity index (χ3v) is 3.96. The lowest BCUT2D eigenvalue weighted by atomic mass is 10.0. The summed E-state index contributed by atoms with van der Waals surface area (Å²) >= 11 is 0. The summed E-state index contributed by atoms with van der Waals surface area (Å²) in [6.07, 6.45) is 1.22. The average Bonchev–Trinajstić information content (AvgIpc) is 2.64. The van der Waals surface area contributed by atoms with E-state index in [1.54, 1.807) is 0 Å². The highest BCUT2D eigenvalue weighted by Gasteiger charge is 2.20. The fraction of sp³-hybridized carbons (Fsp3) is 0.625. The van der Waals surface area contributed by atoms with Crippen molar-refractivity contribution in [2.45, 2.75) is 26.3 Å². The third-order valence-electron chi connectivity index (χ3n) is 3.96. The fourth-order valence-electron chi connectivity index (χ4n) is 2.59. The van der Waals surface area contributed by atoms with Crippen molar-refractivity contribution in [2.24, 2.45) is 5.92 Å². The Morgan fingerprint density at radius 3 is 2.47 bits per heavy atom. The fourth-order valence-corrected chi connectivity index (χ4v) is 2.59. The van der Waals surface area contributed by atoms with Crippen LogP contribution in [0.5, 0.6) is 0 Å². The number of nitrogens with one attached hydrogen (secondary N) is 1. The summed E-state index contributed by atoms with van der Waals surface area (Å²) in [4.78, 5) is 4.66. The lowest BCUT2D eigenvalue weighted by Crippen LogP contribution is -2.41. The van der Waals surface area contributed by atoms with Gasteiger partial charge in [-0.2, -0.15) is 0 Å². The quantitative estimate of drug-likeness (QED) is 0.902. The molecule has 1 heterocycles. The van der Waals surface area contributed by atoms with Gasteiger partial charge < -0.3 is 15.1 Å². The normalized spacial score (nSPS) is 20.5. The maximum absolute atomic E-state index is 3.66. The maximum atomic E-state index is 3.66. The van der Waals surface area contributed by atoms with Crippen molar-refractivity contribution in [3.63, 3.8) is 0 Å². The van der Waals surface area contributed by atoms with Gasteiger partial charge in [-0.05, 0) is 43.1 Å². The van der Waals surface area contributed by atoms with Gasteiger partial charge in [0.25, 0.3) is 0 Å². The van der Waals surface area contributed by atoms with E-state index in [9.17, 15) is 0 Å². The van der Waals surface area contributed by atoms with Gasteiger partial charge in [0.15, 0.2) is 0 Å². The van der Waals surface area contributed by atoms with Crippen molar-refractivity contribution in [3.05, 3.63) is 24.3 Å². The van der Waals surface area contributed by atoms with Gasteiger partial charge in [-0.15, -0.1) is 0 Å². The second-order valence-corrected chi connectivity index (χ2v) is 6.02. The van der Waals surface area contributed by atoms with Crippen LogP contribution in [0.25, 0.3) is 0 Å². The van der Waals surface area contributed by atoms with Gasteiger partial charge >= 0.3 is 0 Å². The second kappa shape index (κ2) is 6.29. The molecule has 1 fully saturated rings. The number of rotatable bonds is 3. The number of nitrogens with zero attached hydrogens (tertiary/aromatic N) is 2. The Morgan fingerprint density at radius 1 is 1.21 bits per heavy atom. The zero-order chi connectivity index (χ0) is 13.8. The molecule has 1 saturated heterocycles. The smallest absolute Gasteiger partial charge is 0.0368 e. The van der Waals surface area contributed by atoms with Gasteiger partial charge in [0.05, 0.1) is 0 Å². The average molecular weight is 261 g/mol. The molecule has 0 amide bonds. The molecule has 0 spiro atoms. The molecule has 0 aromatic heterocycles. The summed E-state index contributed by atoms with van der Waals surface area (Å²) < 4.78 is 0. The third kappa shape index (κ3) is 3.63. The molecule has 1 aromatic rings. The van der Waals surface area contributed by atoms with Crippen LogP contribution in [0.4, 0.5) is 11.4 Å². The minimum atomic E-state index is 0.594. The Morgan fingerprint density at radius 2 is 1.89 bits per heavy atom. The summed E-state index contributed by atoms with van der Waals surface area (Å²) in [5.74, 6) is 0.682. The van der Waals surface area contributed by atoms with Gasteiger partial charge in [-0.25, -0.2) is 0 Å². The zero-order valence-corrected chi connectivity index (χ0v) is 12.7. The molecule has 1 aliphatic rings. The van der Waals surface area contributed by atoms with Crippen LogP contribution in [0.2, 0.25) is 0 Å². The highest BCUT2D eigenvalue weighted by atomic mass is 15.2. The Balaban J connectivity index is 2.10. The van der Waals surface area contributed by atoms with Crippen LogP contribution in [0.1, 0.15) is 20.3 Å². The molecule has 3 nitrogen and oxygen atoms in total. The van der Waals surface area contributed by atoms with Crippen molar-refractivity contribution in [1.29, 1.82) is 0 Å². The van der Waals surface area contributed by atoms with Crippen molar-refractivity contribution in [2.75, 3.05) is 43.5 Å². The van der Waals surface area contributed by atoms with E-state index in [1.807, 2.05) is 0 Å². The molecule has 0 bridgehead atoms. The molecular formula is C16H27N3. The lowest BCUT2D eigenvalue weighted by molar-refractivity contribution is 0.420. The Labute approximate surface area is 117 Å². The lowest BCUT2D eigenvalue weighted by Gasteiger charge is -2.29. The van der Waals surface area contributed by atoms with Crippen LogP contribution in [-0.4, -0.2) is 39.8 Å². The van der Waals surface area contributed by atoms with E-state index in [0.29, 0.717) is 12.0 Å². The van der Waals surface area contributed by atoms with Crippen molar-refractivity contribution in [1.82, 2.24) is 5.32 Å². The molecule has 1 atom stereocenters. The molecule has 1 unspecified atom stereocenters. The highest BCUT2D eigenvalue weighted by molar-refractivity contribution is 5.56. The molecule has 1 aromatic carbocycles. The minimum absolute atomic E-state index is 0.594. The number of hydrogen-bond donors (Lipinski definition) is 1. The van der Waals surface area contributed by atoms with Crippen LogP contribution in [0, 0.1) is 5.92 Å². The molecule has 3 heteroatoms. The zero-order valence-electron chi connectivity index (χ0n) is 12.7. The monoisotopic (exact) mass is 261 g/mol. The number of anilines is 2. The molecular weight excluding hydrogens is 234 g/mol. The van der Waals surface area contributed by atoms with Gasteiger partial charge in [0.1, 0.15) is 0 Å². The summed E-state index contributed by atoms with van der Waals surface area (Å²) in [5, 5.41) is 3.66. The second-order valence-electron chi connectivity index (χ2n) is 6.02. The molecule has 2 rings (SSSR count). The SMILES string of the molecule is CC(C)C1CN(c2ccc(N(C)C)cc2)CCCN1. The van der Waals surface area contributed by atoms with Gasteiger partial charge in [-0.3, -0.25) is 0 Å². The first-order chi connectivity index (χ1) is 9.08. The van der Waals surface area contributed by atoms with E-state index in [2.05, 4.69) is 67.3 Å². The Kier molecular flexibility index (Phi) is 4.70. The van der Waals surface area contributed by atoms with E-state index >= 15 is 0 Å². The molecule has 0 aliphatic carbocycles. The number of benzene rings is 1. The first kappa shape index (κ1) is 14.2. The van der Waals surface area contributed by atoms with Crippen LogP contribution in [0.15, 0.2) is 24.3 Å². The molecule has 19 heavy (non-hydrogen) atoms. The molecule has 0 saturated carbocycles. The maximum Gasteiger partial charge on any atom is 0.0368 e. The predicted octanol–water partition coefficient (Wildman–Crippen LogP) is 2.58. The summed E-state index contributed by atoms with van der Waals surface area (Å²) in [6, 6.07) is 9.50. The van der Waals surface area contributed by atoms with Crippen LogP contribution in [0.3, 0.4) is 0 Å². The standard InChI is InChI=1S/C16H27N3/c1-13(2)16-12-19(11-5-10-17-16)15-8-6-14(7-9-15)18(3)4/h6-9,13,16-17H,5,10-12H2,1-4H3. The summed E-state index contributed by atoms with van der Waals surface area (Å²) in [6.45, 7) is 8.00. The van der Waals surface area contributed by atoms with Crippen LogP contribution < -0.4 is 15.1 Å². The topological polar surface area (TPSA) is 18.5 Å². The van der Waals surface area contributed by atoms with Crippen molar-refractivity contribution in [3.8, 4) is 0 Å². The van der Waals surface area contributed by atoms with Gasteiger partial charge in [-0.1, -0.05) is 13.8 Å². The molecule has 0 radical (unpaired) electrons. The largest absolute Gasteiger partial charge is 0.378 e.